The molecule has 1 spiro atoms. The minimum atomic E-state index is 0.725. The Hall–Kier alpha value is 0.700. The summed E-state index contributed by atoms with van der Waals surface area (Å²) in [6.07, 6.45) is 10.7. The van der Waals surface area contributed by atoms with Gasteiger partial charge in [-0.3, -0.25) is 0 Å². The summed E-state index contributed by atoms with van der Waals surface area (Å²) >= 11 is 7.79. The standard InChI is InChI=1S/C18H24Br2/c19-8-12-13(9-20)17-15-11-4-3-10(7-11)14(15)16(12)18(17)5-1-2-6-18/h10-13,16-17H,1-9H2/t10-,11-,12+,13+,16-,17-/m0/s1. The van der Waals surface area contributed by atoms with E-state index in [9.17, 15) is 0 Å². The van der Waals surface area contributed by atoms with Gasteiger partial charge in [0.05, 0.1) is 0 Å². The van der Waals surface area contributed by atoms with Gasteiger partial charge in [0.2, 0.25) is 0 Å². The summed E-state index contributed by atoms with van der Waals surface area (Å²) in [5.41, 5.74) is 4.80. The zero-order chi connectivity index (χ0) is 13.5. The number of hydrogen-bond acceptors (Lipinski definition) is 0. The Morgan fingerprint density at radius 2 is 1.35 bits per heavy atom. The average molecular weight is 400 g/mol. The molecule has 0 aromatic carbocycles. The lowest BCUT2D eigenvalue weighted by Crippen LogP contribution is -2.29. The second-order valence-corrected chi connectivity index (χ2v) is 9.44. The molecular weight excluding hydrogens is 376 g/mol. The zero-order valence-corrected chi connectivity index (χ0v) is 15.3. The summed E-state index contributed by atoms with van der Waals surface area (Å²) in [4.78, 5) is 0. The third-order valence-corrected chi connectivity index (χ3v) is 9.35. The number of alkyl halides is 2. The first-order valence-electron chi connectivity index (χ1n) is 8.67. The second-order valence-electron chi connectivity index (χ2n) is 8.15. The molecule has 6 atom stereocenters. The third kappa shape index (κ3) is 1.32. The van der Waals surface area contributed by atoms with Crippen molar-refractivity contribution in [3.8, 4) is 0 Å². The molecule has 110 valence electrons. The van der Waals surface area contributed by atoms with Crippen molar-refractivity contribution in [3.05, 3.63) is 11.1 Å². The van der Waals surface area contributed by atoms with E-state index in [2.05, 4.69) is 31.9 Å². The molecule has 5 aliphatic carbocycles. The van der Waals surface area contributed by atoms with E-state index in [1.807, 2.05) is 11.1 Å². The highest BCUT2D eigenvalue weighted by molar-refractivity contribution is 9.09. The molecule has 0 heterocycles. The maximum absolute atomic E-state index is 3.90. The Morgan fingerprint density at radius 3 is 1.80 bits per heavy atom. The molecule has 20 heavy (non-hydrogen) atoms. The van der Waals surface area contributed by atoms with Crippen molar-refractivity contribution in [1.29, 1.82) is 0 Å². The predicted molar refractivity (Wildman–Crippen MR) is 90.3 cm³/mol. The Morgan fingerprint density at radius 1 is 0.850 bits per heavy atom. The van der Waals surface area contributed by atoms with E-state index in [0.717, 1.165) is 40.9 Å². The molecule has 0 N–H and O–H groups in total. The van der Waals surface area contributed by atoms with Crippen LogP contribution in [0.4, 0.5) is 0 Å². The van der Waals surface area contributed by atoms with Crippen molar-refractivity contribution in [2.24, 2.45) is 40.9 Å². The van der Waals surface area contributed by atoms with Gasteiger partial charge < -0.3 is 0 Å². The minimum absolute atomic E-state index is 0.725. The summed E-state index contributed by atoms with van der Waals surface area (Å²) in [6.45, 7) is 0. The first-order chi connectivity index (χ1) is 9.81. The van der Waals surface area contributed by atoms with Crippen molar-refractivity contribution in [3.63, 3.8) is 0 Å². The molecule has 0 aliphatic heterocycles. The topological polar surface area (TPSA) is 0 Å². The van der Waals surface area contributed by atoms with Gasteiger partial charge in [0.15, 0.2) is 0 Å². The molecule has 5 rings (SSSR count). The second kappa shape index (κ2) is 4.37. The zero-order valence-electron chi connectivity index (χ0n) is 12.1. The van der Waals surface area contributed by atoms with Crippen molar-refractivity contribution in [1.82, 2.24) is 0 Å². The Balaban J connectivity index is 1.67. The summed E-state index contributed by atoms with van der Waals surface area (Å²) in [5, 5.41) is 2.47. The summed E-state index contributed by atoms with van der Waals surface area (Å²) in [5.74, 6) is 5.83. The molecule has 2 heteroatoms. The molecule has 4 bridgehead atoms. The molecule has 0 aromatic rings. The van der Waals surface area contributed by atoms with Crippen molar-refractivity contribution in [2.45, 2.75) is 44.9 Å². The first kappa shape index (κ1) is 13.2. The Labute approximate surface area is 139 Å². The Bertz CT molecular complexity index is 438. The maximum Gasteiger partial charge on any atom is 0.00687 e. The number of hydrogen-bond donors (Lipinski definition) is 0. The first-order valence-corrected chi connectivity index (χ1v) is 10.9. The molecule has 0 amide bonds. The van der Waals surface area contributed by atoms with Crippen molar-refractivity contribution in [2.75, 3.05) is 10.7 Å². The molecule has 0 aromatic heterocycles. The molecule has 0 saturated heterocycles. The van der Waals surface area contributed by atoms with E-state index in [1.54, 1.807) is 12.8 Å². The van der Waals surface area contributed by atoms with E-state index in [-0.39, 0.29) is 0 Å². The van der Waals surface area contributed by atoms with Gasteiger partial charge in [-0.1, -0.05) is 55.8 Å². The fourth-order valence-electron chi connectivity index (χ4n) is 7.57. The summed E-state index contributed by atoms with van der Waals surface area (Å²) in [6, 6.07) is 0. The van der Waals surface area contributed by atoms with E-state index in [4.69, 9.17) is 0 Å². The fourth-order valence-corrected chi connectivity index (χ4v) is 9.28. The lowest BCUT2D eigenvalue weighted by atomic mass is 9.69. The van der Waals surface area contributed by atoms with E-state index in [0.29, 0.717) is 0 Å². The van der Waals surface area contributed by atoms with Crippen LogP contribution in [0.25, 0.3) is 0 Å². The van der Waals surface area contributed by atoms with Crippen molar-refractivity contribution >= 4 is 31.9 Å². The molecule has 5 aliphatic rings. The molecule has 3 fully saturated rings. The molecule has 0 unspecified atom stereocenters. The van der Waals surface area contributed by atoms with E-state index in [1.165, 1.54) is 42.8 Å². The Kier molecular flexibility index (Phi) is 2.88. The molecular formula is C18H24Br2. The lowest BCUT2D eigenvalue weighted by molar-refractivity contribution is 0.181. The van der Waals surface area contributed by atoms with Crippen molar-refractivity contribution < 1.29 is 0 Å². The van der Waals surface area contributed by atoms with Crippen LogP contribution in [-0.4, -0.2) is 10.7 Å². The summed E-state index contributed by atoms with van der Waals surface area (Å²) in [7, 11) is 0. The third-order valence-electron chi connectivity index (χ3n) is 7.85. The largest absolute Gasteiger partial charge is 0.0925 e. The van der Waals surface area contributed by atoms with E-state index >= 15 is 0 Å². The van der Waals surface area contributed by atoms with Gasteiger partial charge in [0.1, 0.15) is 0 Å². The van der Waals surface area contributed by atoms with Crippen LogP contribution >= 0.6 is 31.9 Å². The van der Waals surface area contributed by atoms with E-state index < -0.39 is 0 Å². The van der Waals surface area contributed by atoms with Crippen LogP contribution in [0.5, 0.6) is 0 Å². The SMILES string of the molecule is BrC[C@@H]1[C@@H](CBr)[C@H]2C3=C([C@H]4CC[C@H]3C4)[C@H]1C21CCCC1. The van der Waals surface area contributed by atoms with Gasteiger partial charge in [-0.15, -0.1) is 0 Å². The van der Waals surface area contributed by atoms with Crippen LogP contribution < -0.4 is 0 Å². The number of halogens is 2. The number of allylic oxidation sites excluding steroid dienone is 2. The van der Waals surface area contributed by atoms with Crippen LogP contribution in [0.3, 0.4) is 0 Å². The normalized spacial score (nSPS) is 50.7. The molecule has 0 nitrogen and oxygen atoms in total. The highest BCUT2D eigenvalue weighted by atomic mass is 79.9. The van der Waals surface area contributed by atoms with Gasteiger partial charge in [-0.25, -0.2) is 0 Å². The maximum atomic E-state index is 3.90. The van der Waals surface area contributed by atoms with Gasteiger partial charge in [0, 0.05) is 10.7 Å². The fraction of sp³-hybridized carbons (Fsp3) is 0.889. The minimum Gasteiger partial charge on any atom is -0.0925 e. The number of fused-ring (bicyclic) bond motifs is 6. The van der Waals surface area contributed by atoms with Crippen LogP contribution in [0.15, 0.2) is 11.1 Å². The number of rotatable bonds is 2. The van der Waals surface area contributed by atoms with Crippen LogP contribution in [0, 0.1) is 40.9 Å². The molecule has 3 saturated carbocycles. The predicted octanol–water partition coefficient (Wildman–Crippen LogP) is 5.56. The molecule has 0 radical (unpaired) electrons. The highest BCUT2D eigenvalue weighted by Gasteiger charge is 2.69. The van der Waals surface area contributed by atoms with Gasteiger partial charge >= 0.3 is 0 Å². The van der Waals surface area contributed by atoms with Gasteiger partial charge in [-0.2, -0.15) is 0 Å². The van der Waals surface area contributed by atoms with Gasteiger partial charge in [-0.05, 0) is 73.0 Å². The van der Waals surface area contributed by atoms with Crippen LogP contribution in [-0.2, 0) is 0 Å². The quantitative estimate of drug-likeness (QED) is 0.421. The van der Waals surface area contributed by atoms with Crippen LogP contribution in [0.1, 0.15) is 44.9 Å². The average Bonchev–Trinajstić information content (AvgIpc) is 3.24. The summed E-state index contributed by atoms with van der Waals surface area (Å²) < 4.78 is 0. The highest BCUT2D eigenvalue weighted by Crippen LogP contribution is 2.77. The van der Waals surface area contributed by atoms with Gasteiger partial charge in [0.25, 0.3) is 0 Å². The monoisotopic (exact) mass is 398 g/mol. The lowest BCUT2D eigenvalue weighted by Gasteiger charge is -2.34. The van der Waals surface area contributed by atoms with Crippen LogP contribution in [0.2, 0.25) is 0 Å². The smallest absolute Gasteiger partial charge is 0.00687 e.